The molecule has 3 heterocycles. The molecule has 1 atom stereocenters. The molecule has 0 amide bonds. The van der Waals surface area contributed by atoms with Crippen LogP contribution >= 0.6 is 0 Å². The lowest BCUT2D eigenvalue weighted by Crippen LogP contribution is -2.47. The molecule has 0 bridgehead atoms. The number of hydrogen-bond donors (Lipinski definition) is 1. The minimum Gasteiger partial charge on any atom is -0.377 e. The van der Waals surface area contributed by atoms with Gasteiger partial charge in [0.2, 0.25) is 0 Å². The Morgan fingerprint density at radius 1 is 1.17 bits per heavy atom. The van der Waals surface area contributed by atoms with Crippen LogP contribution in [-0.2, 0) is 9.47 Å². The molecule has 1 saturated carbocycles. The van der Waals surface area contributed by atoms with Gasteiger partial charge in [-0.2, -0.15) is 0 Å². The minimum atomic E-state index is -0.0715. The molecule has 3 aliphatic rings. The number of nitrogens with one attached hydrogen (secondary N) is 1. The maximum absolute atomic E-state index is 12.2. The van der Waals surface area contributed by atoms with Gasteiger partial charge >= 0.3 is 0 Å². The lowest BCUT2D eigenvalue weighted by molar-refractivity contribution is 0.0874. The van der Waals surface area contributed by atoms with Gasteiger partial charge in [0.15, 0.2) is 0 Å². The van der Waals surface area contributed by atoms with Gasteiger partial charge in [-0.1, -0.05) is 6.58 Å². The molecule has 0 radical (unpaired) electrons. The summed E-state index contributed by atoms with van der Waals surface area (Å²) >= 11 is 0. The second-order valence-electron chi connectivity index (χ2n) is 6.53. The number of ether oxygens (including phenoxy) is 2. The van der Waals surface area contributed by atoms with Crippen LogP contribution in [0.3, 0.4) is 0 Å². The molecule has 0 spiro atoms. The highest BCUT2D eigenvalue weighted by Crippen LogP contribution is 2.38. The summed E-state index contributed by atoms with van der Waals surface area (Å²) in [4.78, 5) is 19.6. The van der Waals surface area contributed by atoms with Crippen molar-refractivity contribution in [3.8, 4) is 0 Å². The fourth-order valence-corrected chi connectivity index (χ4v) is 3.51. The quantitative estimate of drug-likeness (QED) is 0.912. The second kappa shape index (κ2) is 6.02. The highest BCUT2D eigenvalue weighted by molar-refractivity contribution is 5.59. The average Bonchev–Trinajstić information content (AvgIpc) is 3.39. The van der Waals surface area contributed by atoms with Crippen molar-refractivity contribution in [1.82, 2.24) is 4.98 Å². The number of pyridine rings is 1. The predicted molar refractivity (Wildman–Crippen MR) is 89.0 cm³/mol. The van der Waals surface area contributed by atoms with Crippen molar-refractivity contribution in [2.24, 2.45) is 5.92 Å². The standard InChI is InChI=1S/C17H23N3O3/c1-12-10-22-6-4-19(12)14-8-16(18-17(21)9-14)20-5-7-23-11-15(20)13-2-3-13/h8-9,13,15H,1-7,10-11H2,(H,18,21). The first-order valence-corrected chi connectivity index (χ1v) is 8.34. The van der Waals surface area contributed by atoms with Crippen molar-refractivity contribution in [3.63, 3.8) is 0 Å². The molecule has 6 heteroatoms. The summed E-state index contributed by atoms with van der Waals surface area (Å²) in [7, 11) is 0. The van der Waals surface area contributed by atoms with E-state index in [1.54, 1.807) is 6.07 Å². The molecule has 1 aromatic rings. The Kier molecular flexibility index (Phi) is 3.87. The van der Waals surface area contributed by atoms with Crippen molar-refractivity contribution in [3.05, 3.63) is 34.8 Å². The first-order valence-electron chi connectivity index (χ1n) is 8.34. The van der Waals surface area contributed by atoms with Crippen LogP contribution in [0.4, 0.5) is 11.5 Å². The van der Waals surface area contributed by atoms with Gasteiger partial charge in [0.05, 0.1) is 38.2 Å². The lowest BCUT2D eigenvalue weighted by atomic mass is 10.1. The van der Waals surface area contributed by atoms with E-state index in [0.717, 1.165) is 36.9 Å². The summed E-state index contributed by atoms with van der Waals surface area (Å²) < 4.78 is 11.1. The van der Waals surface area contributed by atoms with Crippen LogP contribution in [0, 0.1) is 5.92 Å². The number of hydrogen-bond acceptors (Lipinski definition) is 5. The van der Waals surface area contributed by atoms with Crippen LogP contribution in [0.25, 0.3) is 0 Å². The molecule has 1 aromatic heterocycles. The first-order chi connectivity index (χ1) is 11.2. The van der Waals surface area contributed by atoms with E-state index in [2.05, 4.69) is 27.4 Å². The zero-order valence-corrected chi connectivity index (χ0v) is 13.3. The third-order valence-corrected chi connectivity index (χ3v) is 4.88. The Labute approximate surface area is 135 Å². The van der Waals surface area contributed by atoms with Gasteiger partial charge in [0.25, 0.3) is 5.56 Å². The predicted octanol–water partition coefficient (Wildman–Crippen LogP) is 1.34. The molecule has 4 rings (SSSR count). The van der Waals surface area contributed by atoms with Crippen LogP contribution in [-0.4, -0.2) is 50.5 Å². The Bertz CT molecular complexity index is 653. The molecule has 3 fully saturated rings. The van der Waals surface area contributed by atoms with Gasteiger partial charge in [-0.05, 0) is 18.8 Å². The molecule has 2 aliphatic heterocycles. The fourth-order valence-electron chi connectivity index (χ4n) is 3.51. The summed E-state index contributed by atoms with van der Waals surface area (Å²) in [5.41, 5.74) is 1.73. The smallest absolute Gasteiger partial charge is 0.251 e. The summed E-state index contributed by atoms with van der Waals surface area (Å²) in [5, 5.41) is 0. The summed E-state index contributed by atoms with van der Waals surface area (Å²) in [5.74, 6) is 1.59. The molecule has 2 saturated heterocycles. The number of aromatic amines is 1. The van der Waals surface area contributed by atoms with Crippen LogP contribution in [0.2, 0.25) is 0 Å². The molecular formula is C17H23N3O3. The van der Waals surface area contributed by atoms with E-state index in [4.69, 9.17) is 9.47 Å². The highest BCUT2D eigenvalue weighted by Gasteiger charge is 2.37. The molecular weight excluding hydrogens is 294 g/mol. The summed E-state index contributed by atoms with van der Waals surface area (Å²) in [6, 6.07) is 4.09. The average molecular weight is 317 g/mol. The van der Waals surface area contributed by atoms with Gasteiger partial charge in [0, 0.05) is 30.9 Å². The molecule has 1 N–H and O–H groups in total. The maximum atomic E-state index is 12.2. The molecule has 1 unspecified atom stereocenters. The van der Waals surface area contributed by atoms with Crippen molar-refractivity contribution < 1.29 is 9.47 Å². The first kappa shape index (κ1) is 14.8. The third kappa shape index (κ3) is 3.01. The number of anilines is 2. The third-order valence-electron chi connectivity index (χ3n) is 4.88. The van der Waals surface area contributed by atoms with Crippen molar-refractivity contribution >= 4 is 11.5 Å². The van der Waals surface area contributed by atoms with Gasteiger partial charge in [-0.3, -0.25) is 4.79 Å². The van der Waals surface area contributed by atoms with E-state index in [9.17, 15) is 4.79 Å². The molecule has 124 valence electrons. The Morgan fingerprint density at radius 3 is 2.78 bits per heavy atom. The number of H-pyrrole nitrogens is 1. The van der Waals surface area contributed by atoms with Crippen molar-refractivity contribution in [2.45, 2.75) is 18.9 Å². The van der Waals surface area contributed by atoms with E-state index in [-0.39, 0.29) is 5.56 Å². The Hall–Kier alpha value is -1.79. The van der Waals surface area contributed by atoms with Gasteiger partial charge < -0.3 is 24.3 Å². The molecule has 6 nitrogen and oxygen atoms in total. The zero-order chi connectivity index (χ0) is 15.8. The van der Waals surface area contributed by atoms with Crippen LogP contribution in [0.5, 0.6) is 0 Å². The van der Waals surface area contributed by atoms with Crippen molar-refractivity contribution in [1.29, 1.82) is 0 Å². The number of nitrogens with zero attached hydrogens (tertiary/aromatic N) is 2. The van der Waals surface area contributed by atoms with E-state index in [1.165, 1.54) is 12.8 Å². The number of morpholine rings is 2. The van der Waals surface area contributed by atoms with Gasteiger partial charge in [-0.15, -0.1) is 0 Å². The molecule has 23 heavy (non-hydrogen) atoms. The van der Waals surface area contributed by atoms with Gasteiger partial charge in [-0.25, -0.2) is 0 Å². The SMILES string of the molecule is C=C1COCCN1c1cc(N2CCOCC2C2CC2)[nH]c(=O)c1. The largest absolute Gasteiger partial charge is 0.377 e. The van der Waals surface area contributed by atoms with E-state index >= 15 is 0 Å². The van der Waals surface area contributed by atoms with Crippen LogP contribution in [0.1, 0.15) is 12.8 Å². The second-order valence-corrected chi connectivity index (χ2v) is 6.53. The Morgan fingerprint density at radius 2 is 2.00 bits per heavy atom. The highest BCUT2D eigenvalue weighted by atomic mass is 16.5. The van der Waals surface area contributed by atoms with Gasteiger partial charge in [0.1, 0.15) is 5.82 Å². The normalized spacial score (nSPS) is 25.7. The summed E-state index contributed by atoms with van der Waals surface area (Å²) in [6.07, 6.45) is 2.52. The minimum absolute atomic E-state index is 0.0715. The molecule has 0 aromatic carbocycles. The topological polar surface area (TPSA) is 57.8 Å². The Balaban J connectivity index is 1.65. The summed E-state index contributed by atoms with van der Waals surface area (Å²) in [6.45, 7) is 8.24. The van der Waals surface area contributed by atoms with Crippen LogP contribution < -0.4 is 15.4 Å². The lowest BCUT2D eigenvalue weighted by Gasteiger charge is -2.38. The van der Waals surface area contributed by atoms with Crippen molar-refractivity contribution in [2.75, 3.05) is 49.3 Å². The number of aromatic nitrogens is 1. The molecule has 1 aliphatic carbocycles. The van der Waals surface area contributed by atoms with E-state index in [0.29, 0.717) is 31.8 Å². The maximum Gasteiger partial charge on any atom is 0.251 e. The van der Waals surface area contributed by atoms with E-state index in [1.807, 2.05) is 0 Å². The monoisotopic (exact) mass is 317 g/mol. The van der Waals surface area contributed by atoms with E-state index < -0.39 is 0 Å². The number of rotatable bonds is 3. The fraction of sp³-hybridized carbons (Fsp3) is 0.588. The van der Waals surface area contributed by atoms with Crippen LogP contribution in [0.15, 0.2) is 29.2 Å². The zero-order valence-electron chi connectivity index (χ0n) is 13.3.